The summed E-state index contributed by atoms with van der Waals surface area (Å²) in [6.07, 6.45) is -0.985. The minimum absolute atomic E-state index is 0.0850. The second-order valence-corrected chi connectivity index (χ2v) is 23.7. The van der Waals surface area contributed by atoms with Gasteiger partial charge < -0.3 is 35.6 Å². The first kappa shape index (κ1) is 64.3. The first-order chi connectivity index (χ1) is 46.8. The summed E-state index contributed by atoms with van der Waals surface area (Å²) in [5.74, 6) is 3.34. The van der Waals surface area contributed by atoms with Crippen LogP contribution in [0, 0.1) is 20.8 Å². The molecule has 0 bridgehead atoms. The van der Waals surface area contributed by atoms with Gasteiger partial charge in [-0.3, -0.25) is 28.1 Å². The van der Waals surface area contributed by atoms with Crippen LogP contribution in [0.1, 0.15) is 64.2 Å². The van der Waals surface area contributed by atoms with Crippen molar-refractivity contribution in [2.24, 2.45) is 0 Å². The van der Waals surface area contributed by atoms with Crippen molar-refractivity contribution in [3.05, 3.63) is 329 Å². The highest BCUT2D eigenvalue weighted by Crippen LogP contribution is 2.33. The fraction of sp³-hybridized carbons (Fsp3) is 0.114. The topological polar surface area (TPSA) is 200 Å². The second-order valence-electron chi connectivity index (χ2n) is 22.7. The highest BCUT2D eigenvalue weighted by atomic mass is 32.1. The number of ether oxygens (including phenoxy) is 2. The Bertz CT molecular complexity index is 5180. The van der Waals surface area contributed by atoms with Crippen molar-refractivity contribution in [1.29, 1.82) is 0 Å². The van der Waals surface area contributed by atoms with E-state index in [2.05, 4.69) is 16.0 Å². The van der Waals surface area contributed by atoms with Gasteiger partial charge in [-0.1, -0.05) is 122 Å². The lowest BCUT2D eigenvalue weighted by Crippen LogP contribution is -2.16. The van der Waals surface area contributed by atoms with Crippen LogP contribution in [0.3, 0.4) is 0 Å². The van der Waals surface area contributed by atoms with E-state index in [9.17, 15) is 24.6 Å². The van der Waals surface area contributed by atoms with Crippen molar-refractivity contribution < 1.29 is 19.7 Å². The Kier molecular flexibility index (Phi) is 19.7. The van der Waals surface area contributed by atoms with Crippen molar-refractivity contribution in [2.75, 3.05) is 23.1 Å². The summed E-state index contributed by atoms with van der Waals surface area (Å²) < 4.78 is 17.0. The Morgan fingerprint density at radius 2 is 0.802 bits per heavy atom. The maximum atomic E-state index is 13.2. The van der Waals surface area contributed by atoms with E-state index in [4.69, 9.17) is 24.4 Å². The molecule has 14 rings (SSSR count). The lowest BCUT2D eigenvalue weighted by molar-refractivity contribution is 0.169. The van der Waals surface area contributed by atoms with E-state index in [1.165, 1.54) is 11.3 Å². The second kappa shape index (κ2) is 29.5. The summed E-state index contributed by atoms with van der Waals surface area (Å²) in [4.78, 5) is 54.6. The molecule has 7 aromatic heterocycles. The van der Waals surface area contributed by atoms with Crippen LogP contribution in [0.25, 0.3) is 50.2 Å². The number of aliphatic hydroxyl groups is 2. The molecule has 478 valence electrons. The molecule has 0 saturated carbocycles. The highest BCUT2D eigenvalue weighted by molar-refractivity contribution is 7.10. The molecule has 0 spiro atoms. The van der Waals surface area contributed by atoms with Gasteiger partial charge in [-0.05, 0) is 171 Å². The van der Waals surface area contributed by atoms with Gasteiger partial charge in [0, 0.05) is 57.2 Å². The molecule has 5 N–H and O–H groups in total. The molecular weight excluding hydrogens is 1220 g/mol. The van der Waals surface area contributed by atoms with Crippen LogP contribution in [0.4, 0.5) is 34.5 Å². The molecule has 0 amide bonds. The fourth-order valence-corrected chi connectivity index (χ4v) is 12.1. The summed E-state index contributed by atoms with van der Waals surface area (Å²) in [5, 5.41) is 35.0. The molecule has 0 saturated heterocycles. The predicted octanol–water partition coefficient (Wildman–Crippen LogP) is 16.5. The summed E-state index contributed by atoms with van der Waals surface area (Å²) in [6, 6.07) is 80.2. The lowest BCUT2D eigenvalue weighted by Gasteiger charge is -2.20. The van der Waals surface area contributed by atoms with Crippen LogP contribution >= 0.6 is 11.3 Å². The first-order valence-electron chi connectivity index (χ1n) is 31.3. The molecule has 0 aliphatic heterocycles. The Balaban J connectivity index is 0.000000138. The average Bonchev–Trinajstić information content (AvgIpc) is 0.836. The molecule has 0 radical (unpaired) electrons. The summed E-state index contributed by atoms with van der Waals surface area (Å²) >= 11 is 1.47. The number of hydrogen-bond acceptors (Lipinski definition) is 14. The number of aromatic nitrogens is 6. The Labute approximate surface area is 558 Å². The van der Waals surface area contributed by atoms with Crippen molar-refractivity contribution in [3.63, 3.8) is 0 Å². The van der Waals surface area contributed by atoms with Crippen LogP contribution in [0.2, 0.25) is 0 Å². The van der Waals surface area contributed by atoms with E-state index in [0.717, 1.165) is 67.1 Å². The van der Waals surface area contributed by atoms with Gasteiger partial charge in [0.2, 0.25) is 0 Å². The fourth-order valence-electron chi connectivity index (χ4n) is 11.4. The summed E-state index contributed by atoms with van der Waals surface area (Å²) in [5.41, 5.74) is 10.8. The van der Waals surface area contributed by atoms with Crippen LogP contribution in [-0.2, 0) is 6.61 Å². The van der Waals surface area contributed by atoms with Gasteiger partial charge in [0.25, 0.3) is 0 Å². The molecule has 2 unspecified atom stereocenters. The highest BCUT2D eigenvalue weighted by Gasteiger charge is 2.22. The minimum Gasteiger partial charge on any atom is -0.497 e. The summed E-state index contributed by atoms with van der Waals surface area (Å²) in [6.45, 7) is 7.88. The van der Waals surface area contributed by atoms with E-state index in [-0.39, 0.29) is 22.9 Å². The number of anilines is 6. The van der Waals surface area contributed by atoms with Gasteiger partial charge >= 0.3 is 0 Å². The number of rotatable bonds is 17. The van der Waals surface area contributed by atoms with Gasteiger partial charge in [0.05, 0.1) is 46.5 Å². The summed E-state index contributed by atoms with van der Waals surface area (Å²) in [7, 11) is 1.63. The number of nitrogens with one attached hydrogen (secondary N) is 3. The third kappa shape index (κ3) is 14.4. The molecule has 14 aromatic rings. The Morgan fingerprint density at radius 3 is 1.19 bits per heavy atom. The van der Waals surface area contributed by atoms with Gasteiger partial charge in [-0.2, -0.15) is 0 Å². The van der Waals surface area contributed by atoms with Crippen molar-refractivity contribution in [1.82, 2.24) is 28.7 Å². The van der Waals surface area contributed by atoms with E-state index in [1.807, 2.05) is 271 Å². The van der Waals surface area contributed by atoms with Crippen LogP contribution < -0.4 is 41.7 Å². The van der Waals surface area contributed by atoms with Gasteiger partial charge in [-0.15, -0.1) is 11.3 Å². The molecule has 0 aliphatic carbocycles. The first-order valence-corrected chi connectivity index (χ1v) is 32.2. The van der Waals surface area contributed by atoms with Crippen molar-refractivity contribution >= 4 is 79.0 Å². The van der Waals surface area contributed by atoms with E-state index in [1.54, 1.807) is 37.4 Å². The molecule has 7 aromatic carbocycles. The molecule has 7 heterocycles. The number of thiophene rings is 1. The van der Waals surface area contributed by atoms with Crippen molar-refractivity contribution in [3.8, 4) is 28.6 Å². The average molecular weight is 1290 g/mol. The van der Waals surface area contributed by atoms with E-state index in [0.29, 0.717) is 74.1 Å². The molecule has 16 nitrogen and oxygen atoms in total. The molecule has 17 heteroatoms. The maximum absolute atomic E-state index is 13.2. The molecule has 0 aliphatic rings. The molecule has 0 fully saturated rings. The number of methoxy groups -OCH3 is 1. The van der Waals surface area contributed by atoms with Crippen LogP contribution in [0.15, 0.2) is 275 Å². The normalized spacial score (nSPS) is 11.6. The maximum Gasteiger partial charge on any atom is 0.193 e. The molecular formula is C79H69N9O7S. The van der Waals surface area contributed by atoms with E-state index < -0.39 is 12.2 Å². The lowest BCUT2D eigenvalue weighted by atomic mass is 10.1. The number of hydrogen-bond donors (Lipinski definition) is 5. The quantitative estimate of drug-likeness (QED) is 0.0577. The van der Waals surface area contributed by atoms with Gasteiger partial charge in [0.15, 0.2) is 33.2 Å². The number of pyridine rings is 6. The minimum atomic E-state index is -0.858. The monoisotopic (exact) mass is 1290 g/mol. The van der Waals surface area contributed by atoms with E-state index >= 15 is 0 Å². The number of nitrogens with zero attached hydrogens (tertiary/aromatic N) is 6. The SMILES string of the molecule is CCC(O)c1cc(C)c2c(=O)cc(Nc3ccccc3)n(-c3ccccc3)c2n1.COc1ccc(OCc2cc(C)c3c(=O)cc(Nc4ccccc4)n(-c4ccccc4)c3n2)cc1.Cc1cc(C(O)c2cccs2)nc2c1c(=O)cc(Nc1ccccc1)n2-c1ccccc1. The molecule has 96 heavy (non-hydrogen) atoms. The Morgan fingerprint density at radius 1 is 0.438 bits per heavy atom. The molecule has 2 atom stereocenters. The number of aryl methyl sites for hydroxylation is 3. The number of benzene rings is 7. The smallest absolute Gasteiger partial charge is 0.193 e. The third-order valence-electron chi connectivity index (χ3n) is 16.0. The van der Waals surface area contributed by atoms with Gasteiger partial charge in [-0.25, -0.2) is 15.0 Å². The van der Waals surface area contributed by atoms with Gasteiger partial charge in [0.1, 0.15) is 41.7 Å². The zero-order valence-corrected chi connectivity index (χ0v) is 54.2. The Hall–Kier alpha value is -11.8. The van der Waals surface area contributed by atoms with Crippen LogP contribution in [0.5, 0.6) is 11.5 Å². The van der Waals surface area contributed by atoms with Crippen molar-refractivity contribution in [2.45, 2.75) is 52.9 Å². The standard InChI is InChI=1S/C29H25N3O3.C26H21N3O2S.C24H23N3O2/c1-20-17-22(19-35-25-15-13-24(34-2)14-16-25)31-29-28(20)26(33)18-27(30-21-9-5-3-6-10-21)32(29)23-11-7-4-8-12-23;1-17-15-20(25(31)22-13-8-14-32-22)28-26-24(17)21(30)16-23(27-18-9-4-2-5-10-18)29(26)19-11-6-3-7-12-19;1-3-20(28)19-14-16(2)23-21(29)15-22(25-17-10-6-4-7-11-17)27(24(23)26-19)18-12-8-5-9-13-18/h3-18,30H,19H2,1-2H3;2-16,25,27,31H,1H3;4-15,20,25,28H,3H2,1-2H3. The number of aliphatic hydroxyl groups excluding tert-OH is 2. The number of fused-ring (bicyclic) bond motifs is 3. The predicted molar refractivity (Wildman–Crippen MR) is 386 cm³/mol. The zero-order valence-electron chi connectivity index (χ0n) is 53.4. The van der Waals surface area contributed by atoms with Crippen LogP contribution in [-0.4, -0.2) is 46.0 Å². The number of para-hydroxylation sites is 6. The largest absolute Gasteiger partial charge is 0.497 e. The third-order valence-corrected chi connectivity index (χ3v) is 17.0. The zero-order chi connectivity index (χ0) is 66.7.